The molecule has 1 nitrogen and oxygen atoms in total. The standard InChI is InChI=1S/C18H29N/c1-14(2)8-9-17-10-11-18(15(3)13-17)19-12-6-5-7-16(19)4/h10-11,13-14,16H,5-9,12H2,1-4H3. The van der Waals surface area contributed by atoms with Crippen molar-refractivity contribution in [3.63, 3.8) is 0 Å². The summed E-state index contributed by atoms with van der Waals surface area (Å²) in [6, 6.07) is 7.80. The SMILES string of the molecule is Cc1cc(CCC(C)C)ccc1N1CCCCC1C. The van der Waals surface area contributed by atoms with Gasteiger partial charge in [-0.3, -0.25) is 0 Å². The summed E-state index contributed by atoms with van der Waals surface area (Å²) in [5.74, 6) is 0.794. The lowest BCUT2D eigenvalue weighted by Crippen LogP contribution is -2.37. The number of anilines is 1. The second-order valence-electron chi connectivity index (χ2n) is 6.59. The van der Waals surface area contributed by atoms with E-state index in [1.165, 1.54) is 55.5 Å². The van der Waals surface area contributed by atoms with Crippen LogP contribution in [0.4, 0.5) is 5.69 Å². The van der Waals surface area contributed by atoms with Gasteiger partial charge < -0.3 is 4.90 Å². The van der Waals surface area contributed by atoms with E-state index in [4.69, 9.17) is 0 Å². The summed E-state index contributed by atoms with van der Waals surface area (Å²) < 4.78 is 0. The van der Waals surface area contributed by atoms with Gasteiger partial charge in [0.2, 0.25) is 0 Å². The van der Waals surface area contributed by atoms with E-state index in [1.807, 2.05) is 0 Å². The van der Waals surface area contributed by atoms with Crippen molar-refractivity contribution >= 4 is 5.69 Å². The quantitative estimate of drug-likeness (QED) is 0.738. The van der Waals surface area contributed by atoms with Crippen LogP contribution in [-0.4, -0.2) is 12.6 Å². The number of hydrogen-bond acceptors (Lipinski definition) is 1. The van der Waals surface area contributed by atoms with Crippen molar-refractivity contribution in [3.05, 3.63) is 29.3 Å². The lowest BCUT2D eigenvalue weighted by Gasteiger charge is -2.36. The maximum Gasteiger partial charge on any atom is 0.0398 e. The first-order valence-corrected chi connectivity index (χ1v) is 7.94. The summed E-state index contributed by atoms with van der Waals surface area (Å²) in [6.45, 7) is 10.5. The Balaban J connectivity index is 2.10. The van der Waals surface area contributed by atoms with E-state index >= 15 is 0 Å². The van der Waals surface area contributed by atoms with Gasteiger partial charge in [0, 0.05) is 18.3 Å². The van der Waals surface area contributed by atoms with Crippen molar-refractivity contribution in [2.75, 3.05) is 11.4 Å². The molecule has 0 saturated carbocycles. The summed E-state index contributed by atoms with van der Waals surface area (Å²) in [4.78, 5) is 2.60. The molecule has 1 aliphatic heterocycles. The zero-order valence-corrected chi connectivity index (χ0v) is 13.1. The molecule has 2 rings (SSSR count). The molecule has 0 radical (unpaired) electrons. The average Bonchev–Trinajstić information content (AvgIpc) is 2.38. The van der Waals surface area contributed by atoms with E-state index in [1.54, 1.807) is 0 Å². The molecule has 1 aromatic rings. The number of nitrogens with zero attached hydrogens (tertiary/aromatic N) is 1. The molecule has 1 atom stereocenters. The summed E-state index contributed by atoms with van der Waals surface area (Å²) >= 11 is 0. The number of aryl methyl sites for hydroxylation is 2. The van der Waals surface area contributed by atoms with E-state index in [2.05, 4.69) is 50.8 Å². The molecule has 1 unspecified atom stereocenters. The van der Waals surface area contributed by atoms with Gasteiger partial charge in [0.25, 0.3) is 0 Å². The molecular formula is C18H29N. The highest BCUT2D eigenvalue weighted by Gasteiger charge is 2.19. The highest BCUT2D eigenvalue weighted by atomic mass is 15.2. The number of piperidine rings is 1. The second kappa shape index (κ2) is 6.45. The van der Waals surface area contributed by atoms with Crippen molar-refractivity contribution in [2.24, 2.45) is 5.92 Å². The van der Waals surface area contributed by atoms with Crippen LogP contribution in [0.1, 0.15) is 57.6 Å². The number of benzene rings is 1. The molecule has 0 N–H and O–H groups in total. The van der Waals surface area contributed by atoms with Crippen LogP contribution in [0.2, 0.25) is 0 Å². The van der Waals surface area contributed by atoms with Gasteiger partial charge >= 0.3 is 0 Å². The predicted octanol–water partition coefficient (Wildman–Crippen LogP) is 4.96. The Bertz CT molecular complexity index is 408. The van der Waals surface area contributed by atoms with Gasteiger partial charge in [0.05, 0.1) is 0 Å². The van der Waals surface area contributed by atoms with Gasteiger partial charge in [-0.15, -0.1) is 0 Å². The highest BCUT2D eigenvalue weighted by molar-refractivity contribution is 5.55. The van der Waals surface area contributed by atoms with Crippen molar-refractivity contribution in [3.8, 4) is 0 Å². The summed E-state index contributed by atoms with van der Waals surface area (Å²) in [5.41, 5.74) is 4.41. The second-order valence-corrected chi connectivity index (χ2v) is 6.59. The lowest BCUT2D eigenvalue weighted by molar-refractivity contribution is 0.484. The fourth-order valence-corrected chi connectivity index (χ4v) is 3.11. The third-order valence-corrected chi connectivity index (χ3v) is 4.38. The van der Waals surface area contributed by atoms with E-state index < -0.39 is 0 Å². The van der Waals surface area contributed by atoms with Gasteiger partial charge in [-0.1, -0.05) is 26.0 Å². The molecule has 19 heavy (non-hydrogen) atoms. The predicted molar refractivity (Wildman–Crippen MR) is 85.0 cm³/mol. The molecule has 1 saturated heterocycles. The van der Waals surface area contributed by atoms with Gasteiger partial charge in [0.15, 0.2) is 0 Å². The third kappa shape index (κ3) is 3.75. The molecule has 1 heteroatoms. The molecule has 0 aliphatic carbocycles. The largest absolute Gasteiger partial charge is 0.369 e. The first-order valence-electron chi connectivity index (χ1n) is 7.94. The summed E-state index contributed by atoms with van der Waals surface area (Å²) in [7, 11) is 0. The van der Waals surface area contributed by atoms with E-state index in [-0.39, 0.29) is 0 Å². The van der Waals surface area contributed by atoms with E-state index in [0.717, 1.165) is 5.92 Å². The van der Waals surface area contributed by atoms with Gasteiger partial charge in [-0.2, -0.15) is 0 Å². The molecule has 1 fully saturated rings. The Kier molecular flexibility index (Phi) is 4.90. The van der Waals surface area contributed by atoms with Crippen LogP contribution in [-0.2, 0) is 6.42 Å². The van der Waals surface area contributed by atoms with Crippen LogP contribution in [0.3, 0.4) is 0 Å². The summed E-state index contributed by atoms with van der Waals surface area (Å²) in [6.07, 6.45) is 6.59. The Morgan fingerprint density at radius 2 is 2.05 bits per heavy atom. The maximum atomic E-state index is 2.60. The average molecular weight is 259 g/mol. The molecule has 0 amide bonds. The van der Waals surface area contributed by atoms with Crippen molar-refractivity contribution < 1.29 is 0 Å². The third-order valence-electron chi connectivity index (χ3n) is 4.38. The van der Waals surface area contributed by atoms with Crippen LogP contribution in [0.5, 0.6) is 0 Å². The normalized spacial score (nSPS) is 20.1. The number of rotatable bonds is 4. The zero-order valence-electron chi connectivity index (χ0n) is 13.1. The van der Waals surface area contributed by atoms with E-state index in [9.17, 15) is 0 Å². The summed E-state index contributed by atoms with van der Waals surface area (Å²) in [5, 5.41) is 0. The Hall–Kier alpha value is -0.980. The Morgan fingerprint density at radius 3 is 2.68 bits per heavy atom. The van der Waals surface area contributed by atoms with Gasteiger partial charge in [-0.05, 0) is 69.1 Å². The minimum atomic E-state index is 0.703. The Labute approximate surface area is 119 Å². The highest BCUT2D eigenvalue weighted by Crippen LogP contribution is 2.28. The van der Waals surface area contributed by atoms with Crippen molar-refractivity contribution in [1.29, 1.82) is 0 Å². The zero-order chi connectivity index (χ0) is 13.8. The molecule has 0 aromatic heterocycles. The smallest absolute Gasteiger partial charge is 0.0398 e. The first-order chi connectivity index (χ1) is 9.08. The van der Waals surface area contributed by atoms with Gasteiger partial charge in [-0.25, -0.2) is 0 Å². The van der Waals surface area contributed by atoms with Crippen LogP contribution in [0.15, 0.2) is 18.2 Å². The van der Waals surface area contributed by atoms with Crippen LogP contribution < -0.4 is 4.90 Å². The molecular weight excluding hydrogens is 230 g/mol. The number of hydrogen-bond donors (Lipinski definition) is 0. The molecule has 1 aliphatic rings. The molecule has 1 heterocycles. The first kappa shape index (κ1) is 14.4. The molecule has 106 valence electrons. The van der Waals surface area contributed by atoms with Crippen molar-refractivity contribution in [2.45, 2.75) is 65.8 Å². The van der Waals surface area contributed by atoms with Crippen molar-refractivity contribution in [1.82, 2.24) is 0 Å². The molecule has 1 aromatic carbocycles. The fourth-order valence-electron chi connectivity index (χ4n) is 3.11. The van der Waals surface area contributed by atoms with E-state index in [0.29, 0.717) is 6.04 Å². The fraction of sp³-hybridized carbons (Fsp3) is 0.667. The van der Waals surface area contributed by atoms with Crippen LogP contribution in [0, 0.1) is 12.8 Å². The topological polar surface area (TPSA) is 3.24 Å². The Morgan fingerprint density at radius 1 is 1.26 bits per heavy atom. The lowest BCUT2D eigenvalue weighted by atomic mass is 9.98. The van der Waals surface area contributed by atoms with Gasteiger partial charge in [0.1, 0.15) is 0 Å². The van der Waals surface area contributed by atoms with Crippen LogP contribution >= 0.6 is 0 Å². The minimum Gasteiger partial charge on any atom is -0.369 e. The maximum absolute atomic E-state index is 2.60. The monoisotopic (exact) mass is 259 g/mol. The van der Waals surface area contributed by atoms with Crippen LogP contribution in [0.25, 0.3) is 0 Å². The minimum absolute atomic E-state index is 0.703. The molecule has 0 spiro atoms. The molecule has 0 bridgehead atoms.